The first-order valence-corrected chi connectivity index (χ1v) is 18.6. The highest BCUT2D eigenvalue weighted by Crippen LogP contribution is 2.40. The number of thioether (sulfide) groups is 1. The van der Waals surface area contributed by atoms with Crippen LogP contribution in [0.3, 0.4) is 0 Å². The van der Waals surface area contributed by atoms with Crippen molar-refractivity contribution in [3.05, 3.63) is 85.5 Å². The molecule has 15 nitrogen and oxygen atoms in total. The first-order valence-electron chi connectivity index (χ1n) is 14.6. The molecule has 0 saturated carbocycles. The van der Waals surface area contributed by atoms with E-state index in [-0.39, 0.29) is 33.1 Å². The van der Waals surface area contributed by atoms with Crippen LogP contribution in [0, 0.1) is 0 Å². The van der Waals surface area contributed by atoms with Crippen LogP contribution in [0.5, 0.6) is 0 Å². The molecule has 1 fully saturated rings. The smallest absolute Gasteiger partial charge is 0.276 e. The van der Waals surface area contributed by atoms with Crippen molar-refractivity contribution >= 4 is 108 Å². The van der Waals surface area contributed by atoms with Crippen molar-refractivity contribution in [2.45, 2.75) is 24.5 Å². The molecular formula is C30H25ClN10O5S4. The number of fused-ring (bicyclic) bond motifs is 2. The molecular weight excluding hydrogens is 744 g/mol. The number of pyridine rings is 1. The summed E-state index contributed by atoms with van der Waals surface area (Å²) < 4.78 is 4.10. The summed E-state index contributed by atoms with van der Waals surface area (Å²) in [5.74, 6) is -2.15. The number of halogens is 1. The van der Waals surface area contributed by atoms with Gasteiger partial charge in [-0.25, -0.2) is 19.5 Å². The predicted octanol–water partition coefficient (Wildman–Crippen LogP) is 1.68. The molecule has 20 heteroatoms. The van der Waals surface area contributed by atoms with Gasteiger partial charge in [-0.05, 0) is 12.1 Å². The SMILES string of the molecule is CO/N=C(\C(=O)N[C@@H]1C(=O)N2C(C(=O)[O-])=C(C[n+]3ccc4c(ccn4Cc4cc(/C(N)=N/c5nccs5)cs4)c3)CS[C@H]12)c1nc(N)sc1Cl. The lowest BCUT2D eigenvalue weighted by molar-refractivity contribution is -0.687. The lowest BCUT2D eigenvalue weighted by Gasteiger charge is -2.50. The van der Waals surface area contributed by atoms with Crippen LogP contribution in [-0.2, 0) is 32.3 Å². The molecule has 0 aromatic carbocycles. The van der Waals surface area contributed by atoms with Crippen molar-refractivity contribution in [3.8, 4) is 0 Å². The zero-order chi connectivity index (χ0) is 35.1. The molecule has 256 valence electrons. The van der Waals surface area contributed by atoms with Gasteiger partial charge in [0.05, 0.1) is 29.1 Å². The number of β-lactam (4-membered cyclic amide) rings is 1. The number of nitrogen functional groups attached to an aromatic ring is 1. The van der Waals surface area contributed by atoms with Gasteiger partial charge in [-0.3, -0.25) is 14.5 Å². The first kappa shape index (κ1) is 33.7. The van der Waals surface area contributed by atoms with E-state index in [9.17, 15) is 19.5 Å². The number of carbonyl (C=O) groups is 3. The van der Waals surface area contributed by atoms with Crippen LogP contribution in [0.4, 0.5) is 10.3 Å². The van der Waals surface area contributed by atoms with Gasteiger partial charge in [-0.15, -0.1) is 34.4 Å². The molecule has 1 saturated heterocycles. The van der Waals surface area contributed by atoms with Gasteiger partial charge >= 0.3 is 0 Å². The second kappa shape index (κ2) is 13.8. The normalized spacial score (nSPS) is 18.0. The van der Waals surface area contributed by atoms with E-state index >= 15 is 0 Å². The number of aliphatic carboxylic acids is 1. The standard InChI is InChI=1S/C30H25ClN10O5S4/c1-46-38-20(19-23(31)50-29(33)36-19)25(42)35-21-26(43)41-22(28(44)45)16(13-49-27(21)41)10-39-5-3-18-14(9-39)2-6-40(18)11-17-8-15(12-48-17)24(32)37-30-34-4-7-47-30/h2-9,12,21,27H,10-11,13H2,1H3,(H5-,32,33,34,35,36,37,42,44,45)/b38-20-/t21-,27-/m1/s1. The maximum absolute atomic E-state index is 13.3. The second-order valence-corrected chi connectivity index (χ2v) is 15.5. The Kier molecular flexibility index (Phi) is 9.31. The number of nitrogens with one attached hydrogen (secondary N) is 1. The zero-order valence-electron chi connectivity index (χ0n) is 25.8. The summed E-state index contributed by atoms with van der Waals surface area (Å²) in [5, 5.41) is 23.5. The molecule has 5 aromatic rings. The van der Waals surface area contributed by atoms with Crippen molar-refractivity contribution in [2.75, 3.05) is 18.6 Å². The number of carboxylic acid groups (broad SMARTS) is 1. The highest BCUT2D eigenvalue weighted by Gasteiger charge is 2.53. The van der Waals surface area contributed by atoms with Crippen LogP contribution < -0.4 is 26.5 Å². The topological polar surface area (TPSA) is 210 Å². The number of aliphatic imine (C=N–C) groups is 1. The summed E-state index contributed by atoms with van der Waals surface area (Å²) in [6.07, 6.45) is 7.46. The second-order valence-electron chi connectivity index (χ2n) is 10.9. The third-order valence-corrected chi connectivity index (χ3v) is 11.8. The average Bonchev–Trinajstić information content (AvgIpc) is 3.91. The third kappa shape index (κ3) is 6.44. The third-order valence-electron chi connectivity index (χ3n) is 7.80. The number of hydrogen-bond donors (Lipinski definition) is 3. The maximum Gasteiger partial charge on any atom is 0.276 e. The number of rotatable bonds is 11. The molecule has 0 unspecified atom stereocenters. The van der Waals surface area contributed by atoms with E-state index in [2.05, 4.69) is 30.0 Å². The van der Waals surface area contributed by atoms with Crippen molar-refractivity contribution < 1.29 is 28.9 Å². The summed E-state index contributed by atoms with van der Waals surface area (Å²) >= 11 is 11.5. The van der Waals surface area contributed by atoms with Gasteiger partial charge < -0.3 is 36.1 Å². The number of thiazole rings is 2. The average molecular weight is 769 g/mol. The predicted molar refractivity (Wildman–Crippen MR) is 190 cm³/mol. The number of amidine groups is 1. The van der Waals surface area contributed by atoms with E-state index in [1.54, 1.807) is 17.5 Å². The summed E-state index contributed by atoms with van der Waals surface area (Å²) in [6.45, 7) is 0.838. The molecule has 7 heterocycles. The molecule has 0 bridgehead atoms. The number of oxime groups is 1. The number of thiophene rings is 1. The molecule has 2 atom stereocenters. The van der Waals surface area contributed by atoms with Crippen LogP contribution in [-0.4, -0.2) is 73.0 Å². The Morgan fingerprint density at radius 3 is 2.86 bits per heavy atom. The summed E-state index contributed by atoms with van der Waals surface area (Å²) in [6, 6.07) is 4.94. The lowest BCUT2D eigenvalue weighted by Crippen LogP contribution is -2.71. The molecule has 0 spiro atoms. The fourth-order valence-corrected chi connectivity index (χ4v) is 9.26. The maximum atomic E-state index is 13.3. The van der Waals surface area contributed by atoms with Crippen molar-refractivity contribution in [2.24, 2.45) is 15.9 Å². The van der Waals surface area contributed by atoms with E-state index in [0.29, 0.717) is 28.8 Å². The Bertz CT molecular complexity index is 2240. The van der Waals surface area contributed by atoms with Gasteiger partial charge in [0.15, 0.2) is 29.8 Å². The molecule has 5 N–H and O–H groups in total. The zero-order valence-corrected chi connectivity index (χ0v) is 29.8. The number of aromatic nitrogens is 4. The number of hydrogen-bond acceptors (Lipinski definition) is 14. The number of amides is 2. The van der Waals surface area contributed by atoms with Crippen LogP contribution in [0.2, 0.25) is 4.34 Å². The van der Waals surface area contributed by atoms with Crippen molar-refractivity contribution in [1.29, 1.82) is 0 Å². The van der Waals surface area contributed by atoms with Crippen LogP contribution in [0.1, 0.15) is 16.1 Å². The Morgan fingerprint density at radius 1 is 1.30 bits per heavy atom. The van der Waals surface area contributed by atoms with E-state index in [1.165, 1.54) is 30.2 Å². The highest BCUT2D eigenvalue weighted by atomic mass is 35.5. The quantitative estimate of drug-likeness (QED) is 0.0582. The fraction of sp³-hybridized carbons (Fsp3) is 0.200. The van der Waals surface area contributed by atoms with Gasteiger partial charge in [0.2, 0.25) is 5.13 Å². The van der Waals surface area contributed by atoms with Gasteiger partial charge in [0, 0.05) is 51.0 Å². The van der Waals surface area contributed by atoms with Crippen molar-refractivity contribution in [3.63, 3.8) is 0 Å². The van der Waals surface area contributed by atoms with E-state index in [4.69, 9.17) is 27.9 Å². The highest BCUT2D eigenvalue weighted by molar-refractivity contribution is 8.00. The van der Waals surface area contributed by atoms with Crippen LogP contribution >= 0.6 is 57.4 Å². The molecule has 5 aromatic heterocycles. The Labute approximate surface area is 304 Å². The minimum Gasteiger partial charge on any atom is -0.543 e. The van der Waals surface area contributed by atoms with Gasteiger partial charge in [0.1, 0.15) is 34.4 Å². The summed E-state index contributed by atoms with van der Waals surface area (Å²) in [5.41, 5.74) is 13.8. The molecule has 2 amide bonds. The number of anilines is 1. The minimum atomic E-state index is -1.48. The molecule has 0 aliphatic carbocycles. The molecule has 50 heavy (non-hydrogen) atoms. The lowest BCUT2D eigenvalue weighted by atomic mass is 10.0. The van der Waals surface area contributed by atoms with E-state index in [1.807, 2.05) is 52.1 Å². The number of carboxylic acids is 1. The first-order chi connectivity index (χ1) is 24.1. The monoisotopic (exact) mass is 768 g/mol. The largest absolute Gasteiger partial charge is 0.543 e. The Hall–Kier alpha value is -4.82. The van der Waals surface area contributed by atoms with E-state index in [0.717, 1.165) is 37.6 Å². The molecule has 7 rings (SSSR count). The minimum absolute atomic E-state index is 0.00890. The van der Waals surface area contributed by atoms with Crippen molar-refractivity contribution in [1.82, 2.24) is 24.8 Å². The van der Waals surface area contributed by atoms with E-state index < -0.39 is 29.2 Å². The molecule has 0 radical (unpaired) electrons. The van der Waals surface area contributed by atoms with Gasteiger partial charge in [-0.1, -0.05) is 28.1 Å². The van der Waals surface area contributed by atoms with Crippen LogP contribution in [0.15, 0.2) is 75.2 Å². The molecule has 2 aliphatic rings. The van der Waals surface area contributed by atoms with Gasteiger partial charge in [0.25, 0.3) is 11.8 Å². The fourth-order valence-electron chi connectivity index (χ4n) is 5.60. The Morgan fingerprint density at radius 2 is 2.14 bits per heavy atom. The molecule has 2 aliphatic heterocycles. The summed E-state index contributed by atoms with van der Waals surface area (Å²) in [7, 11) is 1.24. The Balaban J connectivity index is 1.05. The van der Waals surface area contributed by atoms with Crippen LogP contribution in [0.25, 0.3) is 10.9 Å². The van der Waals surface area contributed by atoms with Gasteiger partial charge in [-0.2, -0.15) is 0 Å². The number of carbonyl (C=O) groups excluding carboxylic acids is 3. The number of nitrogens with zero attached hydrogens (tertiary/aromatic N) is 7. The summed E-state index contributed by atoms with van der Waals surface area (Å²) in [4.78, 5) is 58.4. The number of nitrogens with two attached hydrogens (primary N) is 2.